The smallest absolute Gasteiger partial charge is 0.335 e. The highest BCUT2D eigenvalue weighted by Crippen LogP contribution is 2.10. The predicted octanol–water partition coefficient (Wildman–Crippen LogP) is 1.46. The van der Waals surface area contributed by atoms with Crippen LogP contribution in [0.25, 0.3) is 0 Å². The summed E-state index contributed by atoms with van der Waals surface area (Å²) in [6.45, 7) is -0.677. The van der Waals surface area contributed by atoms with Gasteiger partial charge in [0.15, 0.2) is 0 Å². The Morgan fingerprint density at radius 2 is 2.21 bits per heavy atom. The fourth-order valence-electron chi connectivity index (χ4n) is 0.959. The second-order valence-corrected chi connectivity index (χ2v) is 4.14. The number of benzene rings is 1. The van der Waals surface area contributed by atoms with Gasteiger partial charge in [-0.3, -0.25) is 8.60 Å². The van der Waals surface area contributed by atoms with Gasteiger partial charge in [0.2, 0.25) is 0 Å². The number of aromatic carboxylic acids is 1. The van der Waals surface area contributed by atoms with Crippen LogP contribution in [-0.4, -0.2) is 27.7 Å². The van der Waals surface area contributed by atoms with E-state index in [2.05, 4.69) is 0 Å². The summed E-state index contributed by atoms with van der Waals surface area (Å²) in [6.07, 6.45) is 0. The van der Waals surface area contributed by atoms with Gasteiger partial charge in [0.05, 0.1) is 22.1 Å². The lowest BCUT2D eigenvalue weighted by Crippen LogP contribution is -2.02. The van der Waals surface area contributed by atoms with Crippen LogP contribution in [0.15, 0.2) is 29.2 Å². The van der Waals surface area contributed by atoms with Crippen LogP contribution in [0.5, 0.6) is 0 Å². The van der Waals surface area contributed by atoms with E-state index in [1.165, 1.54) is 24.3 Å². The van der Waals surface area contributed by atoms with Crippen molar-refractivity contribution >= 4 is 16.8 Å². The van der Waals surface area contributed by atoms with Crippen molar-refractivity contribution in [3.05, 3.63) is 29.8 Å². The maximum Gasteiger partial charge on any atom is 0.335 e. The van der Waals surface area contributed by atoms with E-state index in [-0.39, 0.29) is 11.3 Å². The van der Waals surface area contributed by atoms with Crippen molar-refractivity contribution in [3.63, 3.8) is 0 Å². The van der Waals surface area contributed by atoms with Crippen molar-refractivity contribution in [2.45, 2.75) is 4.90 Å². The fourth-order valence-corrected chi connectivity index (χ4v) is 1.82. The molecule has 0 fully saturated rings. The third-order valence-electron chi connectivity index (χ3n) is 1.61. The molecule has 76 valence electrons. The summed E-state index contributed by atoms with van der Waals surface area (Å²) in [5, 5.41) is 8.65. The zero-order valence-corrected chi connectivity index (χ0v) is 8.09. The minimum Gasteiger partial charge on any atom is -0.478 e. The first-order valence-electron chi connectivity index (χ1n) is 3.93. The van der Waals surface area contributed by atoms with Crippen molar-refractivity contribution in [1.29, 1.82) is 0 Å². The maximum absolute atomic E-state index is 11.9. The van der Waals surface area contributed by atoms with Crippen molar-refractivity contribution in [1.82, 2.24) is 0 Å². The monoisotopic (exact) mass is 216 g/mol. The topological polar surface area (TPSA) is 54.4 Å². The summed E-state index contributed by atoms with van der Waals surface area (Å²) >= 11 is 0. The summed E-state index contributed by atoms with van der Waals surface area (Å²) in [4.78, 5) is 10.9. The minimum absolute atomic E-state index is 0.0645. The van der Waals surface area contributed by atoms with Crippen molar-refractivity contribution in [2.75, 3.05) is 12.4 Å². The molecule has 0 heterocycles. The summed E-state index contributed by atoms with van der Waals surface area (Å²) in [7, 11) is -1.45. The van der Waals surface area contributed by atoms with Crippen LogP contribution in [0.2, 0.25) is 0 Å². The van der Waals surface area contributed by atoms with E-state index in [4.69, 9.17) is 5.11 Å². The molecule has 1 rings (SSSR count). The Hall–Kier alpha value is -1.23. The highest BCUT2D eigenvalue weighted by atomic mass is 32.2. The van der Waals surface area contributed by atoms with Gasteiger partial charge < -0.3 is 5.11 Å². The number of rotatable bonds is 4. The number of carboxylic acid groups (broad SMARTS) is 1. The molecule has 1 unspecified atom stereocenters. The lowest BCUT2D eigenvalue weighted by molar-refractivity contribution is 0.0696. The Bertz CT molecular complexity index is 365. The number of hydrogen-bond acceptors (Lipinski definition) is 2. The molecular weight excluding hydrogens is 207 g/mol. The van der Waals surface area contributed by atoms with E-state index in [0.29, 0.717) is 4.90 Å². The van der Waals surface area contributed by atoms with Crippen LogP contribution in [-0.2, 0) is 10.8 Å². The average molecular weight is 216 g/mol. The maximum atomic E-state index is 11.9. The SMILES string of the molecule is O=C(O)c1cccc(S(=O)CCF)c1. The molecule has 1 aromatic rings. The molecule has 0 aliphatic carbocycles. The van der Waals surface area contributed by atoms with E-state index in [1.807, 2.05) is 0 Å². The van der Waals surface area contributed by atoms with E-state index in [1.54, 1.807) is 0 Å². The van der Waals surface area contributed by atoms with Crippen LogP contribution < -0.4 is 0 Å². The molecule has 0 saturated heterocycles. The van der Waals surface area contributed by atoms with Gasteiger partial charge in [-0.2, -0.15) is 0 Å². The molecule has 0 aliphatic rings. The predicted molar refractivity (Wildman–Crippen MR) is 50.7 cm³/mol. The summed E-state index contributed by atoms with van der Waals surface area (Å²) in [5.74, 6) is -1.17. The molecular formula is C9H9FO3S. The summed E-state index contributed by atoms with van der Waals surface area (Å²) in [5.41, 5.74) is 0.0645. The highest BCUT2D eigenvalue weighted by molar-refractivity contribution is 7.85. The lowest BCUT2D eigenvalue weighted by atomic mass is 10.2. The average Bonchev–Trinajstić information content (AvgIpc) is 2.18. The van der Waals surface area contributed by atoms with Crippen molar-refractivity contribution < 1.29 is 18.5 Å². The highest BCUT2D eigenvalue weighted by Gasteiger charge is 2.07. The minimum atomic E-state index is -1.45. The molecule has 0 bridgehead atoms. The Balaban J connectivity index is 2.93. The summed E-state index contributed by atoms with van der Waals surface area (Å²) < 4.78 is 23.2. The molecule has 1 aromatic carbocycles. The van der Waals surface area contributed by atoms with Gasteiger partial charge in [-0.25, -0.2) is 4.79 Å². The number of alkyl halides is 1. The van der Waals surface area contributed by atoms with E-state index >= 15 is 0 Å². The standard InChI is InChI=1S/C9H9FO3S/c10-4-5-14(13)8-3-1-2-7(6-8)9(11)12/h1-3,6H,4-5H2,(H,11,12). The second kappa shape index (κ2) is 4.85. The van der Waals surface area contributed by atoms with Crippen LogP contribution in [0.3, 0.4) is 0 Å². The summed E-state index contributed by atoms with van der Waals surface area (Å²) in [6, 6.07) is 5.72. The fraction of sp³-hybridized carbons (Fsp3) is 0.222. The normalized spacial score (nSPS) is 12.4. The van der Waals surface area contributed by atoms with Crippen molar-refractivity contribution in [3.8, 4) is 0 Å². The van der Waals surface area contributed by atoms with Crippen molar-refractivity contribution in [2.24, 2.45) is 0 Å². The first-order valence-corrected chi connectivity index (χ1v) is 5.24. The number of carboxylic acids is 1. The molecule has 0 aliphatic heterocycles. The molecule has 0 amide bonds. The Morgan fingerprint density at radius 3 is 2.79 bits per heavy atom. The molecule has 3 nitrogen and oxygen atoms in total. The Morgan fingerprint density at radius 1 is 1.50 bits per heavy atom. The van der Waals surface area contributed by atoms with Gasteiger partial charge >= 0.3 is 5.97 Å². The number of hydrogen-bond donors (Lipinski definition) is 1. The van der Waals surface area contributed by atoms with Crippen LogP contribution in [0, 0.1) is 0 Å². The Kier molecular flexibility index (Phi) is 3.76. The molecule has 0 radical (unpaired) electrons. The van der Waals surface area contributed by atoms with Crippen LogP contribution in [0.4, 0.5) is 4.39 Å². The van der Waals surface area contributed by atoms with E-state index in [9.17, 15) is 13.4 Å². The Labute approximate surface area is 83.0 Å². The molecule has 1 N–H and O–H groups in total. The molecule has 1 atom stereocenters. The first kappa shape index (κ1) is 10.8. The number of carbonyl (C=O) groups is 1. The van der Waals surface area contributed by atoms with Crippen LogP contribution in [0.1, 0.15) is 10.4 Å². The lowest BCUT2D eigenvalue weighted by Gasteiger charge is -2.00. The van der Waals surface area contributed by atoms with Gasteiger partial charge in [0, 0.05) is 4.90 Å². The molecule has 0 saturated carbocycles. The van der Waals surface area contributed by atoms with E-state index < -0.39 is 23.4 Å². The molecule has 14 heavy (non-hydrogen) atoms. The third-order valence-corrected chi connectivity index (χ3v) is 2.91. The van der Waals surface area contributed by atoms with Gasteiger partial charge in [0.1, 0.15) is 6.67 Å². The zero-order chi connectivity index (χ0) is 10.6. The van der Waals surface area contributed by atoms with Gasteiger partial charge in [-0.1, -0.05) is 6.07 Å². The van der Waals surface area contributed by atoms with Crippen LogP contribution >= 0.6 is 0 Å². The van der Waals surface area contributed by atoms with Gasteiger partial charge in [0.25, 0.3) is 0 Å². The first-order chi connectivity index (χ1) is 6.65. The number of halogens is 1. The van der Waals surface area contributed by atoms with Gasteiger partial charge in [-0.15, -0.1) is 0 Å². The third kappa shape index (κ3) is 2.63. The molecule has 0 aromatic heterocycles. The molecule has 5 heteroatoms. The quantitative estimate of drug-likeness (QED) is 0.829. The molecule has 0 spiro atoms. The van der Waals surface area contributed by atoms with E-state index in [0.717, 1.165) is 0 Å². The van der Waals surface area contributed by atoms with Gasteiger partial charge in [-0.05, 0) is 18.2 Å². The second-order valence-electron chi connectivity index (χ2n) is 2.57. The largest absolute Gasteiger partial charge is 0.478 e. The zero-order valence-electron chi connectivity index (χ0n) is 7.27.